The van der Waals surface area contributed by atoms with Crippen LogP contribution in [-0.4, -0.2) is 0 Å². The molecule has 51 heavy (non-hydrogen) atoms. The Hall–Kier alpha value is -6.50. The predicted octanol–water partition coefficient (Wildman–Crippen LogP) is 13.5. The third-order valence-electron chi connectivity index (χ3n) is 11.5. The summed E-state index contributed by atoms with van der Waals surface area (Å²) in [5.74, 6) is 0. The van der Waals surface area contributed by atoms with Gasteiger partial charge in [-0.3, -0.25) is 0 Å². The molecule has 10 aromatic carbocycles. The minimum Gasteiger partial charge on any atom is -0.0622 e. The molecule has 0 saturated carbocycles. The number of hydrogen-bond donors (Lipinski definition) is 0. The molecule has 10 aromatic rings. The van der Waals surface area contributed by atoms with Crippen LogP contribution >= 0.6 is 0 Å². The molecular formula is C51H32. The van der Waals surface area contributed by atoms with Gasteiger partial charge in [0, 0.05) is 0 Å². The third kappa shape index (κ3) is 3.91. The van der Waals surface area contributed by atoms with Crippen molar-refractivity contribution in [3.8, 4) is 22.3 Å². The van der Waals surface area contributed by atoms with Gasteiger partial charge >= 0.3 is 0 Å². The first kappa shape index (κ1) is 28.3. The van der Waals surface area contributed by atoms with Crippen LogP contribution in [0.15, 0.2) is 194 Å². The summed E-state index contributed by atoms with van der Waals surface area (Å²) < 4.78 is 0. The van der Waals surface area contributed by atoms with E-state index in [1.807, 2.05) is 0 Å². The van der Waals surface area contributed by atoms with Crippen LogP contribution in [0.1, 0.15) is 22.3 Å². The van der Waals surface area contributed by atoms with E-state index in [1.54, 1.807) is 0 Å². The summed E-state index contributed by atoms with van der Waals surface area (Å²) >= 11 is 0. The summed E-state index contributed by atoms with van der Waals surface area (Å²) in [6.45, 7) is 0. The van der Waals surface area contributed by atoms with Gasteiger partial charge in [0.15, 0.2) is 0 Å². The van der Waals surface area contributed by atoms with Crippen molar-refractivity contribution >= 4 is 53.9 Å². The number of fused-ring (bicyclic) bond motifs is 3. The van der Waals surface area contributed by atoms with Crippen molar-refractivity contribution in [3.05, 3.63) is 216 Å². The SMILES string of the molecule is c1ccc(C2(c3ccccc3)c3cccc4ccc5cc(-c6ccc(-c7c8ccccc8cc8ccccc78)c7ccccc67)cc2c5c34)cc1. The maximum atomic E-state index is 2.51. The number of benzene rings is 10. The molecule has 0 saturated heterocycles. The van der Waals surface area contributed by atoms with Gasteiger partial charge in [-0.2, -0.15) is 0 Å². The molecule has 0 nitrogen and oxygen atoms in total. The lowest BCUT2D eigenvalue weighted by atomic mass is 9.67. The van der Waals surface area contributed by atoms with Crippen LogP contribution < -0.4 is 0 Å². The highest BCUT2D eigenvalue weighted by Crippen LogP contribution is 2.57. The summed E-state index contributed by atoms with van der Waals surface area (Å²) in [6.07, 6.45) is 0. The average molecular weight is 645 g/mol. The van der Waals surface area contributed by atoms with Crippen LogP contribution in [0.2, 0.25) is 0 Å². The van der Waals surface area contributed by atoms with Crippen molar-refractivity contribution in [2.45, 2.75) is 5.41 Å². The Bertz CT molecular complexity index is 2910. The Labute approximate surface area is 296 Å². The molecular weight excluding hydrogens is 613 g/mol. The van der Waals surface area contributed by atoms with E-state index in [9.17, 15) is 0 Å². The fourth-order valence-electron chi connectivity index (χ4n) is 9.39. The van der Waals surface area contributed by atoms with Crippen molar-refractivity contribution in [1.82, 2.24) is 0 Å². The molecule has 0 bridgehead atoms. The molecule has 0 heterocycles. The second-order valence-corrected chi connectivity index (χ2v) is 14.0. The van der Waals surface area contributed by atoms with Gasteiger partial charge in [0.05, 0.1) is 5.41 Å². The summed E-state index contributed by atoms with van der Waals surface area (Å²) in [7, 11) is 0. The van der Waals surface area contributed by atoms with E-state index >= 15 is 0 Å². The van der Waals surface area contributed by atoms with E-state index in [0.29, 0.717) is 0 Å². The van der Waals surface area contributed by atoms with Crippen LogP contribution in [-0.2, 0) is 5.41 Å². The second kappa shape index (κ2) is 10.7. The highest BCUT2D eigenvalue weighted by molar-refractivity contribution is 6.20. The lowest BCUT2D eigenvalue weighted by Gasteiger charge is -2.34. The molecule has 0 atom stereocenters. The highest BCUT2D eigenvalue weighted by Gasteiger charge is 2.45. The number of rotatable bonds is 4. The zero-order valence-corrected chi connectivity index (χ0v) is 28.0. The summed E-state index contributed by atoms with van der Waals surface area (Å²) in [4.78, 5) is 0. The van der Waals surface area contributed by atoms with Gasteiger partial charge in [-0.15, -0.1) is 0 Å². The molecule has 1 aliphatic carbocycles. The first-order valence-corrected chi connectivity index (χ1v) is 17.9. The fourth-order valence-corrected chi connectivity index (χ4v) is 9.39. The number of hydrogen-bond acceptors (Lipinski definition) is 0. The van der Waals surface area contributed by atoms with Gasteiger partial charge in [-0.1, -0.05) is 176 Å². The molecule has 0 amide bonds. The molecule has 1 aliphatic rings. The van der Waals surface area contributed by atoms with Gasteiger partial charge in [0.25, 0.3) is 0 Å². The topological polar surface area (TPSA) is 0 Å². The van der Waals surface area contributed by atoms with E-state index in [0.717, 1.165) is 0 Å². The van der Waals surface area contributed by atoms with Crippen molar-refractivity contribution in [2.24, 2.45) is 0 Å². The van der Waals surface area contributed by atoms with Gasteiger partial charge in [0.1, 0.15) is 0 Å². The Kier molecular flexibility index (Phi) is 5.97. The van der Waals surface area contributed by atoms with Crippen LogP contribution in [0, 0.1) is 0 Å². The van der Waals surface area contributed by atoms with Gasteiger partial charge < -0.3 is 0 Å². The maximum absolute atomic E-state index is 2.51. The van der Waals surface area contributed by atoms with E-state index in [1.165, 1.54) is 98.4 Å². The predicted molar refractivity (Wildman–Crippen MR) is 217 cm³/mol. The summed E-state index contributed by atoms with van der Waals surface area (Å²) in [5.41, 5.74) is 9.92. The molecule has 11 rings (SSSR count). The van der Waals surface area contributed by atoms with Gasteiger partial charge in [-0.05, 0) is 117 Å². The quantitative estimate of drug-likeness (QED) is 0.132. The van der Waals surface area contributed by atoms with E-state index in [2.05, 4.69) is 194 Å². The van der Waals surface area contributed by atoms with E-state index < -0.39 is 5.41 Å². The highest BCUT2D eigenvalue weighted by atomic mass is 14.5. The van der Waals surface area contributed by atoms with Crippen molar-refractivity contribution < 1.29 is 0 Å². The average Bonchev–Trinajstić information content (AvgIpc) is 3.51. The smallest absolute Gasteiger partial charge is 0.0622 e. The minimum atomic E-state index is -0.447. The van der Waals surface area contributed by atoms with Crippen LogP contribution in [0.4, 0.5) is 0 Å². The van der Waals surface area contributed by atoms with Crippen molar-refractivity contribution in [2.75, 3.05) is 0 Å². The normalized spacial score (nSPS) is 13.3. The molecule has 0 aromatic heterocycles. The minimum absolute atomic E-state index is 0.447. The summed E-state index contributed by atoms with van der Waals surface area (Å²) in [6, 6.07) is 72.4. The van der Waals surface area contributed by atoms with Crippen LogP contribution in [0.3, 0.4) is 0 Å². The molecule has 236 valence electrons. The van der Waals surface area contributed by atoms with Gasteiger partial charge in [0.2, 0.25) is 0 Å². The molecule has 0 radical (unpaired) electrons. The molecule has 0 heteroatoms. The Morgan fingerprint density at radius 3 is 1.47 bits per heavy atom. The van der Waals surface area contributed by atoms with Crippen molar-refractivity contribution in [3.63, 3.8) is 0 Å². The lowest BCUT2D eigenvalue weighted by molar-refractivity contribution is 0.771. The Balaban J connectivity index is 1.23. The zero-order valence-electron chi connectivity index (χ0n) is 28.0. The largest absolute Gasteiger partial charge is 0.0714 e. The van der Waals surface area contributed by atoms with E-state index in [-0.39, 0.29) is 0 Å². The molecule has 0 spiro atoms. The molecule has 0 aliphatic heterocycles. The first-order valence-electron chi connectivity index (χ1n) is 17.9. The molecule has 0 N–H and O–H groups in total. The fraction of sp³-hybridized carbons (Fsp3) is 0.0196. The maximum Gasteiger partial charge on any atom is 0.0714 e. The monoisotopic (exact) mass is 644 g/mol. The standard InChI is InChI=1S/C51H32/c1-3-17-38(18-4-1)51(39-19-5-2-6-20-39)46-25-13-16-33-26-27-36-31-37(32-47(51)49(36)48(33)46)40-28-29-45(44-24-12-11-23-43(40)44)50-41-21-9-7-14-34(41)30-35-15-8-10-22-42(35)50/h1-32H. The Morgan fingerprint density at radius 2 is 0.804 bits per heavy atom. The lowest BCUT2D eigenvalue weighted by Crippen LogP contribution is -2.28. The zero-order chi connectivity index (χ0) is 33.5. The van der Waals surface area contributed by atoms with Crippen LogP contribution in [0.25, 0.3) is 76.1 Å². The van der Waals surface area contributed by atoms with Crippen LogP contribution in [0.5, 0.6) is 0 Å². The molecule has 0 unspecified atom stereocenters. The first-order chi connectivity index (χ1) is 25.3. The van der Waals surface area contributed by atoms with Crippen molar-refractivity contribution in [1.29, 1.82) is 0 Å². The van der Waals surface area contributed by atoms with E-state index in [4.69, 9.17) is 0 Å². The third-order valence-corrected chi connectivity index (χ3v) is 11.5. The van der Waals surface area contributed by atoms with Gasteiger partial charge in [-0.25, -0.2) is 0 Å². The molecule has 0 fully saturated rings. The second-order valence-electron chi connectivity index (χ2n) is 14.0. The summed E-state index contributed by atoms with van der Waals surface area (Å²) in [5, 5.41) is 12.9. The Morgan fingerprint density at radius 1 is 0.294 bits per heavy atom.